The molecule has 13 heavy (non-hydrogen) atoms. The maximum absolute atomic E-state index is 11.1. The fourth-order valence-corrected chi connectivity index (χ4v) is 1.96. The van der Waals surface area contributed by atoms with E-state index >= 15 is 0 Å². The molecule has 2 saturated heterocycles. The van der Waals surface area contributed by atoms with Crippen molar-refractivity contribution >= 4 is 6.09 Å². The molecule has 0 bridgehead atoms. The van der Waals surface area contributed by atoms with Gasteiger partial charge in [-0.2, -0.15) is 0 Å². The average molecular weight is 188 g/mol. The Bertz CT molecular complexity index is 233. The molecule has 0 saturated carbocycles. The van der Waals surface area contributed by atoms with Crippen molar-refractivity contribution in [3.63, 3.8) is 0 Å². The number of hydrogen-bond acceptors (Lipinski definition) is 5. The van der Waals surface area contributed by atoms with E-state index in [1.54, 1.807) is 0 Å². The summed E-state index contributed by atoms with van der Waals surface area (Å²) >= 11 is 0. The molecule has 0 spiro atoms. The van der Waals surface area contributed by atoms with Crippen LogP contribution in [0.2, 0.25) is 0 Å². The van der Waals surface area contributed by atoms with Crippen LogP contribution in [0, 0.1) is 0 Å². The van der Waals surface area contributed by atoms with Crippen LogP contribution in [-0.2, 0) is 4.74 Å². The lowest BCUT2D eigenvalue weighted by Gasteiger charge is -2.20. The Hall–Kier alpha value is -0.850. The maximum atomic E-state index is 11.1. The number of fused-ring (bicyclic) bond motifs is 1. The van der Waals surface area contributed by atoms with E-state index in [9.17, 15) is 15.0 Å². The van der Waals surface area contributed by atoms with E-state index in [1.165, 1.54) is 4.90 Å². The van der Waals surface area contributed by atoms with Crippen molar-refractivity contribution in [2.75, 3.05) is 13.2 Å². The topological polar surface area (TPSA) is 96.0 Å². The fraction of sp³-hybridized carbons (Fsp3) is 0.857. The third kappa shape index (κ3) is 1.03. The lowest BCUT2D eigenvalue weighted by atomic mass is 10.1. The van der Waals surface area contributed by atoms with Crippen LogP contribution in [0.15, 0.2) is 0 Å². The third-order valence-corrected chi connectivity index (χ3v) is 2.68. The number of nitrogens with two attached hydrogens (primary N) is 1. The SMILES string of the molecule is NC[C@@H]1[C@H](O)[C@H](O)[C@@H]2COC(=O)N12. The number of ether oxygens (including phenoxy) is 1. The molecule has 74 valence electrons. The zero-order valence-electron chi connectivity index (χ0n) is 6.96. The first-order valence-electron chi connectivity index (χ1n) is 4.18. The predicted octanol–water partition coefficient (Wildman–Crippen LogP) is -2.13. The second kappa shape index (κ2) is 2.83. The van der Waals surface area contributed by atoms with Crippen molar-refractivity contribution in [1.29, 1.82) is 0 Å². The minimum absolute atomic E-state index is 0.129. The van der Waals surface area contributed by atoms with Crippen LogP contribution in [0.3, 0.4) is 0 Å². The minimum atomic E-state index is -0.956. The first-order chi connectivity index (χ1) is 6.16. The number of aliphatic hydroxyl groups excluding tert-OH is 2. The van der Waals surface area contributed by atoms with Gasteiger partial charge in [0.25, 0.3) is 0 Å². The standard InChI is InChI=1S/C7H12N2O4/c8-1-3-5(10)6(11)4-2-13-7(12)9(3)4/h3-6,10-11H,1-2,8H2/t3-,4+,5+,6-/m1/s1. The van der Waals surface area contributed by atoms with Crippen LogP contribution < -0.4 is 5.73 Å². The second-order valence-corrected chi connectivity index (χ2v) is 3.34. The third-order valence-electron chi connectivity index (χ3n) is 2.68. The number of carbonyl (C=O) groups excluding carboxylic acids is 1. The molecule has 0 aromatic carbocycles. The molecular formula is C7H12N2O4. The highest BCUT2D eigenvalue weighted by Crippen LogP contribution is 2.29. The molecule has 6 heteroatoms. The van der Waals surface area contributed by atoms with Crippen LogP contribution in [0.1, 0.15) is 0 Å². The summed E-state index contributed by atoms with van der Waals surface area (Å²) in [6.07, 6.45) is -2.40. The van der Waals surface area contributed by atoms with Crippen LogP contribution >= 0.6 is 0 Å². The van der Waals surface area contributed by atoms with Gasteiger partial charge in [0.05, 0.1) is 12.1 Å². The van der Waals surface area contributed by atoms with Gasteiger partial charge in [-0.15, -0.1) is 0 Å². The van der Waals surface area contributed by atoms with Crippen molar-refractivity contribution < 1.29 is 19.7 Å². The number of aliphatic hydroxyl groups is 2. The van der Waals surface area contributed by atoms with E-state index in [4.69, 9.17) is 10.5 Å². The quantitative estimate of drug-likeness (QED) is 0.437. The van der Waals surface area contributed by atoms with Gasteiger partial charge in [0.15, 0.2) is 0 Å². The number of hydrogen-bond donors (Lipinski definition) is 3. The molecule has 0 aromatic heterocycles. The molecule has 2 rings (SSSR count). The molecule has 0 radical (unpaired) electrons. The predicted molar refractivity (Wildman–Crippen MR) is 41.8 cm³/mol. The Morgan fingerprint density at radius 3 is 2.85 bits per heavy atom. The Labute approximate surface area is 74.9 Å². The van der Waals surface area contributed by atoms with Gasteiger partial charge in [-0.1, -0.05) is 0 Å². The summed E-state index contributed by atoms with van der Waals surface area (Å²) < 4.78 is 4.73. The summed E-state index contributed by atoms with van der Waals surface area (Å²) in [6.45, 7) is 0.261. The highest BCUT2D eigenvalue weighted by Gasteiger charge is 2.53. The molecule has 1 amide bonds. The van der Waals surface area contributed by atoms with Crippen LogP contribution in [0.25, 0.3) is 0 Å². The number of amides is 1. The number of cyclic esters (lactones) is 1. The van der Waals surface area contributed by atoms with E-state index in [2.05, 4.69) is 0 Å². The Kier molecular flexibility index (Phi) is 1.90. The summed E-state index contributed by atoms with van der Waals surface area (Å²) in [6, 6.07) is -0.953. The Balaban J connectivity index is 2.25. The largest absolute Gasteiger partial charge is 0.447 e. The van der Waals surface area contributed by atoms with E-state index in [-0.39, 0.29) is 13.2 Å². The van der Waals surface area contributed by atoms with Gasteiger partial charge >= 0.3 is 6.09 Å². The summed E-state index contributed by atoms with van der Waals surface area (Å²) in [5.41, 5.74) is 5.38. The maximum Gasteiger partial charge on any atom is 0.410 e. The van der Waals surface area contributed by atoms with Gasteiger partial charge in [-0.05, 0) is 0 Å². The van der Waals surface area contributed by atoms with Crippen LogP contribution in [0.4, 0.5) is 4.79 Å². The van der Waals surface area contributed by atoms with Gasteiger partial charge in [-0.25, -0.2) is 4.79 Å². The first-order valence-corrected chi connectivity index (χ1v) is 4.18. The highest BCUT2D eigenvalue weighted by molar-refractivity contribution is 5.71. The average Bonchev–Trinajstić information content (AvgIpc) is 2.58. The van der Waals surface area contributed by atoms with Crippen LogP contribution in [0.5, 0.6) is 0 Å². The van der Waals surface area contributed by atoms with Crippen molar-refractivity contribution in [2.45, 2.75) is 24.3 Å². The lowest BCUT2D eigenvalue weighted by molar-refractivity contribution is 0.0198. The Morgan fingerprint density at radius 2 is 2.23 bits per heavy atom. The lowest BCUT2D eigenvalue weighted by Crippen LogP contribution is -2.43. The summed E-state index contributed by atoms with van der Waals surface area (Å²) in [5.74, 6) is 0. The second-order valence-electron chi connectivity index (χ2n) is 3.34. The molecule has 2 aliphatic rings. The molecule has 0 aliphatic carbocycles. The number of rotatable bonds is 1. The summed E-state index contributed by atoms with van der Waals surface area (Å²) in [4.78, 5) is 12.5. The number of nitrogens with zero attached hydrogens (tertiary/aromatic N) is 1. The minimum Gasteiger partial charge on any atom is -0.447 e. The Morgan fingerprint density at radius 1 is 1.54 bits per heavy atom. The number of carbonyl (C=O) groups is 1. The van der Waals surface area contributed by atoms with E-state index in [0.717, 1.165) is 0 Å². The van der Waals surface area contributed by atoms with Crippen LogP contribution in [-0.4, -0.2) is 58.6 Å². The smallest absolute Gasteiger partial charge is 0.410 e. The molecule has 2 aliphatic heterocycles. The van der Waals surface area contributed by atoms with Gasteiger partial charge in [-0.3, -0.25) is 4.90 Å². The molecular weight excluding hydrogens is 176 g/mol. The summed E-state index contributed by atoms with van der Waals surface area (Å²) in [5, 5.41) is 19.0. The molecule has 6 nitrogen and oxygen atoms in total. The molecule has 0 aromatic rings. The monoisotopic (exact) mass is 188 g/mol. The van der Waals surface area contributed by atoms with Gasteiger partial charge in [0, 0.05) is 6.54 Å². The van der Waals surface area contributed by atoms with E-state index < -0.39 is 30.4 Å². The van der Waals surface area contributed by atoms with Gasteiger partial charge in [0.1, 0.15) is 18.8 Å². The normalized spacial score (nSPS) is 43.6. The molecule has 0 unspecified atom stereocenters. The first kappa shape index (κ1) is 8.74. The molecule has 2 fully saturated rings. The van der Waals surface area contributed by atoms with Crippen molar-refractivity contribution in [2.24, 2.45) is 5.73 Å². The van der Waals surface area contributed by atoms with E-state index in [0.29, 0.717) is 0 Å². The molecule has 2 heterocycles. The zero-order valence-corrected chi connectivity index (χ0v) is 6.96. The van der Waals surface area contributed by atoms with E-state index in [1.807, 2.05) is 0 Å². The van der Waals surface area contributed by atoms with Gasteiger partial charge in [0.2, 0.25) is 0 Å². The molecule has 4 N–H and O–H groups in total. The summed E-state index contributed by atoms with van der Waals surface area (Å²) in [7, 11) is 0. The van der Waals surface area contributed by atoms with Crippen molar-refractivity contribution in [3.05, 3.63) is 0 Å². The van der Waals surface area contributed by atoms with Gasteiger partial charge < -0.3 is 20.7 Å². The fourth-order valence-electron chi connectivity index (χ4n) is 1.96. The van der Waals surface area contributed by atoms with Crippen molar-refractivity contribution in [1.82, 2.24) is 4.90 Å². The highest BCUT2D eigenvalue weighted by atomic mass is 16.6. The van der Waals surface area contributed by atoms with Crippen molar-refractivity contribution in [3.8, 4) is 0 Å². The zero-order chi connectivity index (χ0) is 9.59. The molecule has 4 atom stereocenters.